The number of aromatic amines is 2. The van der Waals surface area contributed by atoms with Crippen molar-refractivity contribution in [3.05, 3.63) is 60.0 Å². The van der Waals surface area contributed by atoms with Crippen LogP contribution in [0.5, 0.6) is 0 Å². The number of rotatable bonds is 6. The Balaban J connectivity index is 1.58. The van der Waals surface area contributed by atoms with Gasteiger partial charge in [-0.2, -0.15) is 5.10 Å². The van der Waals surface area contributed by atoms with Gasteiger partial charge in [0, 0.05) is 42.4 Å². The predicted molar refractivity (Wildman–Crippen MR) is 119 cm³/mol. The highest BCUT2D eigenvalue weighted by molar-refractivity contribution is 5.95. The number of methoxy groups -OCH3 is 1. The van der Waals surface area contributed by atoms with Crippen LogP contribution < -0.4 is 0 Å². The molecule has 0 aliphatic heterocycles. The number of carbonyl (C=O) groups is 1. The Labute approximate surface area is 182 Å². The van der Waals surface area contributed by atoms with E-state index in [0.717, 1.165) is 33.1 Å². The molecule has 9 nitrogen and oxygen atoms in total. The fraction of sp³-hybridized carbons (Fsp3) is 0.174. The van der Waals surface area contributed by atoms with Crippen molar-refractivity contribution in [2.75, 3.05) is 13.7 Å². The number of hydrogen-bond acceptors (Lipinski definition) is 7. The number of H-pyrrole nitrogens is 2. The molecule has 0 radical (unpaired) electrons. The van der Waals surface area contributed by atoms with E-state index in [-0.39, 0.29) is 0 Å². The Morgan fingerprint density at radius 2 is 2.00 bits per heavy atom. The van der Waals surface area contributed by atoms with Gasteiger partial charge in [-0.1, -0.05) is 12.1 Å². The van der Waals surface area contributed by atoms with Gasteiger partial charge in [0.2, 0.25) is 0 Å². The minimum Gasteiger partial charge on any atom is -0.462 e. The fourth-order valence-electron chi connectivity index (χ4n) is 3.64. The van der Waals surface area contributed by atoms with Crippen molar-refractivity contribution >= 4 is 28.0 Å². The first-order valence-corrected chi connectivity index (χ1v) is 10.1. The van der Waals surface area contributed by atoms with Gasteiger partial charge in [-0.25, -0.2) is 14.8 Å². The van der Waals surface area contributed by atoms with Gasteiger partial charge in [0.25, 0.3) is 0 Å². The molecule has 0 spiro atoms. The van der Waals surface area contributed by atoms with Crippen molar-refractivity contribution in [1.82, 2.24) is 30.1 Å². The average molecular weight is 428 g/mol. The fourth-order valence-corrected chi connectivity index (χ4v) is 3.64. The SMILES string of the molecule is CCOC(=O)c1cncc(-c2cnc3[nH]nc(-c4nc5c(COC)cccc5[nH]4)c3c2)c1. The standard InChI is InChI=1S/C23H20N6O3/c1-3-32-23(30)16-7-14(9-24-10-16)15-8-17-20(28-29-21(17)25-11-15)22-26-18-6-4-5-13(12-31-2)19(18)27-22/h4-11H,3,12H2,1-2H3,(H,26,27)(H,25,28,29). The second kappa shape index (κ2) is 8.20. The molecule has 0 atom stereocenters. The molecule has 5 rings (SSSR count). The summed E-state index contributed by atoms with van der Waals surface area (Å²) in [5.41, 5.74) is 5.98. The van der Waals surface area contributed by atoms with E-state index in [4.69, 9.17) is 14.5 Å². The number of imidazole rings is 1. The average Bonchev–Trinajstić information content (AvgIpc) is 3.43. The van der Waals surface area contributed by atoms with Crippen LogP contribution in [-0.2, 0) is 16.1 Å². The lowest BCUT2D eigenvalue weighted by atomic mass is 10.1. The minimum absolute atomic E-state index is 0.304. The van der Waals surface area contributed by atoms with Gasteiger partial charge >= 0.3 is 5.97 Å². The summed E-state index contributed by atoms with van der Waals surface area (Å²) < 4.78 is 10.4. The van der Waals surface area contributed by atoms with Crippen LogP contribution in [0.2, 0.25) is 0 Å². The summed E-state index contributed by atoms with van der Waals surface area (Å²) in [7, 11) is 1.66. The summed E-state index contributed by atoms with van der Waals surface area (Å²) >= 11 is 0. The first-order chi connectivity index (χ1) is 15.7. The minimum atomic E-state index is -0.408. The second-order valence-corrected chi connectivity index (χ2v) is 7.21. The number of nitrogens with one attached hydrogen (secondary N) is 2. The molecule has 5 aromatic rings. The molecule has 1 aromatic carbocycles. The number of benzene rings is 1. The molecule has 0 aliphatic rings. The quantitative estimate of drug-likeness (QED) is 0.394. The Hall–Kier alpha value is -4.11. The molecule has 4 aromatic heterocycles. The van der Waals surface area contributed by atoms with E-state index in [2.05, 4.69) is 25.1 Å². The van der Waals surface area contributed by atoms with Crippen LogP contribution in [0.25, 0.3) is 44.7 Å². The number of esters is 1. The highest BCUT2D eigenvalue weighted by atomic mass is 16.5. The smallest absolute Gasteiger partial charge is 0.339 e. The van der Waals surface area contributed by atoms with Gasteiger partial charge in [-0.3, -0.25) is 10.1 Å². The van der Waals surface area contributed by atoms with E-state index in [1.54, 1.807) is 32.5 Å². The van der Waals surface area contributed by atoms with Gasteiger partial charge in [-0.15, -0.1) is 0 Å². The molecule has 0 unspecified atom stereocenters. The van der Waals surface area contributed by atoms with Crippen LogP contribution in [0.1, 0.15) is 22.8 Å². The summed E-state index contributed by atoms with van der Waals surface area (Å²) in [4.78, 5) is 28.9. The Bertz CT molecular complexity index is 1440. The van der Waals surface area contributed by atoms with E-state index in [0.29, 0.717) is 35.9 Å². The highest BCUT2D eigenvalue weighted by Crippen LogP contribution is 2.30. The van der Waals surface area contributed by atoms with Crippen molar-refractivity contribution in [2.45, 2.75) is 13.5 Å². The van der Waals surface area contributed by atoms with Gasteiger partial charge in [0.15, 0.2) is 11.5 Å². The maximum absolute atomic E-state index is 12.1. The van der Waals surface area contributed by atoms with Gasteiger partial charge < -0.3 is 14.5 Å². The molecular formula is C23H20N6O3. The van der Waals surface area contributed by atoms with Crippen LogP contribution in [0.3, 0.4) is 0 Å². The number of carbonyl (C=O) groups excluding carboxylic acids is 1. The Kier molecular flexibility index (Phi) is 5.08. The number of pyridine rings is 2. The number of para-hydroxylation sites is 1. The predicted octanol–water partition coefficient (Wildman–Crippen LogP) is 3.89. The third kappa shape index (κ3) is 3.48. The lowest BCUT2D eigenvalue weighted by Crippen LogP contribution is -2.05. The van der Waals surface area contributed by atoms with Crippen LogP contribution in [0, 0.1) is 0 Å². The van der Waals surface area contributed by atoms with Crippen molar-refractivity contribution < 1.29 is 14.3 Å². The summed E-state index contributed by atoms with van der Waals surface area (Å²) in [6.07, 6.45) is 4.89. The van der Waals surface area contributed by atoms with Gasteiger partial charge in [-0.05, 0) is 25.1 Å². The maximum Gasteiger partial charge on any atom is 0.339 e. The molecule has 0 bridgehead atoms. The van der Waals surface area contributed by atoms with Crippen LogP contribution >= 0.6 is 0 Å². The number of nitrogens with zero attached hydrogens (tertiary/aromatic N) is 4. The van der Waals surface area contributed by atoms with E-state index in [1.807, 2.05) is 24.3 Å². The normalized spacial score (nSPS) is 11.3. The topological polar surface area (TPSA) is 119 Å². The molecule has 160 valence electrons. The number of aromatic nitrogens is 6. The first-order valence-electron chi connectivity index (χ1n) is 10.1. The third-order valence-electron chi connectivity index (χ3n) is 5.12. The molecule has 32 heavy (non-hydrogen) atoms. The number of hydrogen-bond donors (Lipinski definition) is 2. The largest absolute Gasteiger partial charge is 0.462 e. The van der Waals surface area contributed by atoms with E-state index < -0.39 is 5.97 Å². The van der Waals surface area contributed by atoms with Crippen LogP contribution in [0.15, 0.2) is 48.9 Å². The first kappa shape index (κ1) is 19.8. The second-order valence-electron chi connectivity index (χ2n) is 7.21. The van der Waals surface area contributed by atoms with Gasteiger partial charge in [0.1, 0.15) is 5.69 Å². The van der Waals surface area contributed by atoms with E-state index in [9.17, 15) is 4.79 Å². The lowest BCUT2D eigenvalue weighted by molar-refractivity contribution is 0.0526. The highest BCUT2D eigenvalue weighted by Gasteiger charge is 2.16. The molecule has 0 saturated carbocycles. The van der Waals surface area contributed by atoms with Crippen molar-refractivity contribution in [3.63, 3.8) is 0 Å². The lowest BCUT2D eigenvalue weighted by Gasteiger charge is -2.05. The molecule has 4 heterocycles. The molecule has 0 fully saturated rings. The summed E-state index contributed by atoms with van der Waals surface area (Å²) in [5, 5.41) is 8.20. The van der Waals surface area contributed by atoms with Crippen molar-refractivity contribution in [2.24, 2.45) is 0 Å². The van der Waals surface area contributed by atoms with Crippen molar-refractivity contribution in [3.8, 4) is 22.6 Å². The molecule has 2 N–H and O–H groups in total. The number of ether oxygens (including phenoxy) is 2. The third-order valence-corrected chi connectivity index (χ3v) is 5.12. The molecule has 0 aliphatic carbocycles. The zero-order chi connectivity index (χ0) is 22.1. The van der Waals surface area contributed by atoms with E-state index >= 15 is 0 Å². The monoisotopic (exact) mass is 428 g/mol. The van der Waals surface area contributed by atoms with E-state index in [1.165, 1.54) is 6.20 Å². The molecule has 0 saturated heterocycles. The Morgan fingerprint density at radius 3 is 2.84 bits per heavy atom. The maximum atomic E-state index is 12.1. The van der Waals surface area contributed by atoms with Crippen molar-refractivity contribution in [1.29, 1.82) is 0 Å². The van der Waals surface area contributed by atoms with Gasteiger partial charge in [0.05, 0.1) is 35.2 Å². The molecular weight excluding hydrogens is 408 g/mol. The Morgan fingerprint density at radius 1 is 1.12 bits per heavy atom. The number of fused-ring (bicyclic) bond motifs is 2. The molecule has 0 amide bonds. The van der Waals surface area contributed by atoms with Crippen LogP contribution in [-0.4, -0.2) is 49.8 Å². The van der Waals surface area contributed by atoms with Crippen LogP contribution in [0.4, 0.5) is 0 Å². The summed E-state index contributed by atoms with van der Waals surface area (Å²) in [6.45, 7) is 2.54. The summed E-state index contributed by atoms with van der Waals surface area (Å²) in [5.74, 6) is 0.223. The zero-order valence-electron chi connectivity index (χ0n) is 17.5. The zero-order valence-corrected chi connectivity index (χ0v) is 17.5. The molecule has 9 heteroatoms. The summed E-state index contributed by atoms with van der Waals surface area (Å²) in [6, 6.07) is 9.62.